The van der Waals surface area contributed by atoms with Crippen molar-refractivity contribution in [1.29, 1.82) is 0 Å². The van der Waals surface area contributed by atoms with Crippen LogP contribution in [0.4, 0.5) is 0 Å². The number of carbonyl (C=O) groups is 1. The van der Waals surface area contributed by atoms with Crippen molar-refractivity contribution >= 4 is 5.97 Å². The van der Waals surface area contributed by atoms with Crippen LogP contribution in [0.25, 0.3) is 0 Å². The maximum absolute atomic E-state index is 9.79. The molecule has 1 radical (unpaired) electrons. The monoisotopic (exact) mass is 83.0 g/mol. The molecule has 1 aliphatic heterocycles. The summed E-state index contributed by atoms with van der Waals surface area (Å²) >= 11 is 0. The summed E-state index contributed by atoms with van der Waals surface area (Å²) in [5.41, 5.74) is 0. The summed E-state index contributed by atoms with van der Waals surface area (Å²) in [7, 11) is 0. The van der Waals surface area contributed by atoms with Crippen LogP contribution >= 0.6 is 0 Å². The molecule has 0 aromatic heterocycles. The van der Waals surface area contributed by atoms with Gasteiger partial charge in [0.15, 0.2) is 0 Å². The van der Waals surface area contributed by atoms with Gasteiger partial charge in [0.05, 0.1) is 0 Å². The number of rotatable bonds is 1. The summed E-state index contributed by atoms with van der Waals surface area (Å²) in [5.74, 6) is -0.245. The minimum Gasteiger partial charge on any atom is -0.434 e. The lowest BCUT2D eigenvalue weighted by Gasteiger charge is -1.52. The summed E-state index contributed by atoms with van der Waals surface area (Å²) in [6.45, 7) is 3.29. The van der Waals surface area contributed by atoms with Crippen LogP contribution in [0.15, 0.2) is 12.7 Å². The van der Waals surface area contributed by atoms with E-state index in [1.165, 1.54) is 6.08 Å². The fourth-order valence-corrected chi connectivity index (χ4v) is 0.199. The van der Waals surface area contributed by atoms with Gasteiger partial charge in [0, 0.05) is 0 Å². The highest BCUT2D eigenvalue weighted by Gasteiger charge is 2.36. The standard InChI is InChI=1S/C4H3O2/c1-2-3-4(5)6-3/h2H,1H2. The van der Waals surface area contributed by atoms with Crippen LogP contribution < -0.4 is 0 Å². The van der Waals surface area contributed by atoms with Crippen LogP contribution in [0.1, 0.15) is 0 Å². The van der Waals surface area contributed by atoms with Gasteiger partial charge in [0.1, 0.15) is 0 Å². The van der Waals surface area contributed by atoms with Crippen molar-refractivity contribution in [3.8, 4) is 0 Å². The molecule has 2 nitrogen and oxygen atoms in total. The van der Waals surface area contributed by atoms with E-state index in [-0.39, 0.29) is 5.97 Å². The van der Waals surface area contributed by atoms with Gasteiger partial charge in [0.25, 0.3) is 6.10 Å². The molecule has 1 rings (SSSR count). The predicted molar refractivity (Wildman–Crippen MR) is 19.5 cm³/mol. The molecular formula is C4H3O2. The van der Waals surface area contributed by atoms with E-state index in [4.69, 9.17) is 0 Å². The molecule has 0 saturated carbocycles. The van der Waals surface area contributed by atoms with E-state index in [0.717, 1.165) is 0 Å². The Balaban J connectivity index is 2.44. The fraction of sp³-hybridized carbons (Fsp3) is 0. The summed E-state index contributed by atoms with van der Waals surface area (Å²) in [5, 5.41) is 0. The van der Waals surface area contributed by atoms with Crippen molar-refractivity contribution < 1.29 is 9.53 Å². The summed E-state index contributed by atoms with van der Waals surface area (Å²) < 4.78 is 4.23. The van der Waals surface area contributed by atoms with Crippen LogP contribution in [0.3, 0.4) is 0 Å². The Kier molecular flexibility index (Phi) is 0.473. The van der Waals surface area contributed by atoms with Crippen LogP contribution in [0.5, 0.6) is 0 Å². The topological polar surface area (TPSA) is 29.6 Å². The highest BCUT2D eigenvalue weighted by atomic mass is 16.6. The second-order valence-electron chi connectivity index (χ2n) is 0.958. The lowest BCUT2D eigenvalue weighted by Crippen LogP contribution is -1.61. The van der Waals surface area contributed by atoms with Crippen molar-refractivity contribution in [2.24, 2.45) is 0 Å². The zero-order chi connectivity index (χ0) is 4.57. The SMILES string of the molecule is C=C[C]1OC1=O. The first-order valence-electron chi connectivity index (χ1n) is 1.56. The van der Waals surface area contributed by atoms with Gasteiger partial charge in [-0.15, -0.1) is 0 Å². The quantitative estimate of drug-likeness (QED) is 0.425. The Morgan fingerprint density at radius 1 is 1.83 bits per heavy atom. The number of ether oxygens (including phenoxy) is 1. The Morgan fingerprint density at radius 3 is 2.33 bits per heavy atom. The molecule has 0 amide bonds. The van der Waals surface area contributed by atoms with Gasteiger partial charge in [-0.05, 0) is 6.08 Å². The molecule has 1 fully saturated rings. The Labute approximate surface area is 35.4 Å². The zero-order valence-corrected chi connectivity index (χ0v) is 3.10. The maximum atomic E-state index is 9.79. The third-order valence-corrected chi connectivity index (χ3v) is 0.548. The number of carbonyl (C=O) groups excluding carboxylic acids is 1. The van der Waals surface area contributed by atoms with E-state index < -0.39 is 0 Å². The van der Waals surface area contributed by atoms with Gasteiger partial charge in [-0.3, -0.25) is 0 Å². The molecular weight excluding hydrogens is 80.0 g/mol. The summed E-state index contributed by atoms with van der Waals surface area (Å²) in [6.07, 6.45) is 1.78. The maximum Gasteiger partial charge on any atom is 0.361 e. The molecule has 0 spiro atoms. The molecule has 0 unspecified atom stereocenters. The lowest BCUT2D eigenvalue weighted by atomic mass is 10.5. The number of hydrogen-bond acceptors (Lipinski definition) is 2. The number of epoxide rings is 1. The Morgan fingerprint density at radius 2 is 2.33 bits per heavy atom. The third-order valence-electron chi connectivity index (χ3n) is 0.548. The molecule has 0 bridgehead atoms. The minimum atomic E-state index is -0.245. The summed E-state index contributed by atoms with van der Waals surface area (Å²) in [4.78, 5) is 9.79. The van der Waals surface area contributed by atoms with Gasteiger partial charge in [-0.25, -0.2) is 4.79 Å². The van der Waals surface area contributed by atoms with Gasteiger partial charge < -0.3 is 4.74 Å². The molecule has 1 aliphatic rings. The van der Waals surface area contributed by atoms with Gasteiger partial charge in [0.2, 0.25) is 0 Å². The molecule has 6 heavy (non-hydrogen) atoms. The van der Waals surface area contributed by atoms with E-state index in [2.05, 4.69) is 11.3 Å². The van der Waals surface area contributed by atoms with E-state index in [9.17, 15) is 4.79 Å². The Hall–Kier alpha value is -0.790. The fourth-order valence-electron chi connectivity index (χ4n) is 0.199. The third kappa shape index (κ3) is 0.302. The molecule has 0 aromatic rings. The van der Waals surface area contributed by atoms with Crippen LogP contribution in [0, 0.1) is 6.10 Å². The van der Waals surface area contributed by atoms with Crippen molar-refractivity contribution in [3.05, 3.63) is 18.8 Å². The van der Waals surface area contributed by atoms with E-state index in [0.29, 0.717) is 6.10 Å². The van der Waals surface area contributed by atoms with Crippen molar-refractivity contribution in [2.75, 3.05) is 0 Å². The first kappa shape index (κ1) is 3.40. The molecule has 0 atom stereocenters. The molecule has 1 heterocycles. The molecule has 1 saturated heterocycles. The second kappa shape index (κ2) is 0.834. The molecule has 0 N–H and O–H groups in total. The average molecular weight is 83.1 g/mol. The van der Waals surface area contributed by atoms with Crippen LogP contribution in [-0.2, 0) is 9.53 Å². The highest BCUT2D eigenvalue weighted by molar-refractivity contribution is 5.99. The van der Waals surface area contributed by atoms with Gasteiger partial charge in [-0.1, -0.05) is 6.58 Å². The average Bonchev–Trinajstić information content (AvgIpc) is 2.19. The van der Waals surface area contributed by atoms with Gasteiger partial charge in [-0.2, -0.15) is 0 Å². The molecule has 2 heteroatoms. The predicted octanol–water partition coefficient (Wildman–Crippen LogP) is 0.261. The molecule has 31 valence electrons. The van der Waals surface area contributed by atoms with E-state index in [1.54, 1.807) is 0 Å². The molecule has 0 aliphatic carbocycles. The van der Waals surface area contributed by atoms with Crippen LogP contribution in [-0.4, -0.2) is 5.97 Å². The minimum absolute atomic E-state index is 0.245. The lowest BCUT2D eigenvalue weighted by molar-refractivity contribution is -0.117. The number of cyclic esters (lactones) is 1. The summed E-state index contributed by atoms with van der Waals surface area (Å²) in [6, 6.07) is 0. The first-order chi connectivity index (χ1) is 2.84. The number of hydrogen-bond donors (Lipinski definition) is 0. The van der Waals surface area contributed by atoms with Crippen molar-refractivity contribution in [2.45, 2.75) is 0 Å². The van der Waals surface area contributed by atoms with Crippen LogP contribution in [0.2, 0.25) is 0 Å². The van der Waals surface area contributed by atoms with Gasteiger partial charge >= 0.3 is 5.97 Å². The van der Waals surface area contributed by atoms with Crippen molar-refractivity contribution in [3.63, 3.8) is 0 Å². The second-order valence-corrected chi connectivity index (χ2v) is 0.958. The largest absolute Gasteiger partial charge is 0.434 e. The zero-order valence-electron chi connectivity index (χ0n) is 3.10. The Bertz CT molecular complexity index is 95.7. The van der Waals surface area contributed by atoms with E-state index >= 15 is 0 Å². The first-order valence-corrected chi connectivity index (χ1v) is 1.56. The van der Waals surface area contributed by atoms with Crippen molar-refractivity contribution in [1.82, 2.24) is 0 Å². The molecule has 0 aromatic carbocycles. The smallest absolute Gasteiger partial charge is 0.361 e. The highest BCUT2D eigenvalue weighted by Crippen LogP contribution is 2.21. The normalized spacial score (nSPS) is 19.7. The van der Waals surface area contributed by atoms with E-state index in [1.807, 2.05) is 0 Å².